The zero-order valence-corrected chi connectivity index (χ0v) is 20.0. The number of nitrogens with zero attached hydrogens (tertiary/aromatic N) is 2. The summed E-state index contributed by atoms with van der Waals surface area (Å²) < 4.78 is 6.68. The Morgan fingerprint density at radius 1 is 1.16 bits per heavy atom. The first-order chi connectivity index (χ1) is 15.3. The first-order valence-electron chi connectivity index (χ1n) is 9.37. The van der Waals surface area contributed by atoms with Gasteiger partial charge in [0.15, 0.2) is 0 Å². The van der Waals surface area contributed by atoms with Gasteiger partial charge in [0.1, 0.15) is 10.6 Å². The quantitative estimate of drug-likeness (QED) is 0.334. The van der Waals surface area contributed by atoms with Gasteiger partial charge in [-0.25, -0.2) is 4.98 Å². The molecule has 164 valence electrons. The van der Waals surface area contributed by atoms with Crippen LogP contribution in [0.15, 0.2) is 47.5 Å². The number of fused-ring (bicyclic) bond motifs is 1. The van der Waals surface area contributed by atoms with Crippen molar-refractivity contribution in [1.29, 1.82) is 0 Å². The SMILES string of the molecule is COc1ccccc1NC(=O)c1sc2ncn(Cc3c(Cl)ccc(Cl)c3Cl)c(=O)c2c1C. The fourth-order valence-electron chi connectivity index (χ4n) is 3.30. The summed E-state index contributed by atoms with van der Waals surface area (Å²) in [5.41, 5.74) is 1.30. The highest BCUT2D eigenvalue weighted by Crippen LogP contribution is 2.33. The average Bonchev–Trinajstić information content (AvgIpc) is 3.13. The van der Waals surface area contributed by atoms with Crippen LogP contribution in [0.25, 0.3) is 10.2 Å². The van der Waals surface area contributed by atoms with E-state index in [1.807, 2.05) is 6.07 Å². The van der Waals surface area contributed by atoms with Crippen molar-refractivity contribution in [3.8, 4) is 5.75 Å². The Hall–Kier alpha value is -2.58. The number of carbonyl (C=O) groups excluding carboxylic acids is 1. The molecule has 0 unspecified atom stereocenters. The number of methoxy groups -OCH3 is 1. The Bertz CT molecular complexity index is 1420. The number of halogens is 3. The third-order valence-electron chi connectivity index (χ3n) is 4.95. The van der Waals surface area contributed by atoms with Crippen LogP contribution in [0.5, 0.6) is 5.75 Å². The van der Waals surface area contributed by atoms with Crippen molar-refractivity contribution in [2.45, 2.75) is 13.5 Å². The van der Waals surface area contributed by atoms with Crippen molar-refractivity contribution in [2.75, 3.05) is 12.4 Å². The summed E-state index contributed by atoms with van der Waals surface area (Å²) >= 11 is 19.8. The number of carbonyl (C=O) groups is 1. The van der Waals surface area contributed by atoms with Gasteiger partial charge >= 0.3 is 0 Å². The standard InChI is InChI=1S/C22H16Cl3N3O3S/c1-11-17-21(32-19(11)20(29)27-15-5-3-4-6-16(15)31-2)26-10-28(22(17)30)9-12-13(23)7-8-14(24)18(12)25/h3-8,10H,9H2,1-2H3,(H,27,29). The van der Waals surface area contributed by atoms with Crippen LogP contribution in [0.3, 0.4) is 0 Å². The van der Waals surface area contributed by atoms with Gasteiger partial charge < -0.3 is 10.1 Å². The average molecular weight is 509 g/mol. The van der Waals surface area contributed by atoms with Crippen molar-refractivity contribution >= 4 is 68.0 Å². The van der Waals surface area contributed by atoms with Gasteiger partial charge in [-0.2, -0.15) is 0 Å². The predicted molar refractivity (Wildman–Crippen MR) is 130 cm³/mol. The maximum absolute atomic E-state index is 13.2. The third kappa shape index (κ3) is 4.09. The number of hydrogen-bond donors (Lipinski definition) is 1. The highest BCUT2D eigenvalue weighted by Gasteiger charge is 2.21. The molecular weight excluding hydrogens is 493 g/mol. The Labute approximate surface area is 202 Å². The van der Waals surface area contributed by atoms with Crippen molar-refractivity contribution < 1.29 is 9.53 Å². The van der Waals surface area contributed by atoms with Gasteiger partial charge in [-0.3, -0.25) is 14.2 Å². The zero-order valence-electron chi connectivity index (χ0n) is 16.9. The van der Waals surface area contributed by atoms with E-state index < -0.39 is 0 Å². The lowest BCUT2D eigenvalue weighted by atomic mass is 10.2. The van der Waals surface area contributed by atoms with Crippen molar-refractivity contribution in [2.24, 2.45) is 0 Å². The second-order valence-electron chi connectivity index (χ2n) is 6.89. The molecule has 2 aromatic heterocycles. The Morgan fingerprint density at radius 3 is 2.62 bits per heavy atom. The van der Waals surface area contributed by atoms with E-state index in [4.69, 9.17) is 39.5 Å². The number of benzene rings is 2. The van der Waals surface area contributed by atoms with E-state index in [0.717, 1.165) is 11.3 Å². The summed E-state index contributed by atoms with van der Waals surface area (Å²) in [6.45, 7) is 1.82. The molecule has 1 amide bonds. The summed E-state index contributed by atoms with van der Waals surface area (Å²) in [6, 6.07) is 10.3. The molecule has 0 aliphatic carbocycles. The van der Waals surface area contributed by atoms with Gasteiger partial charge in [-0.15, -0.1) is 11.3 Å². The number of para-hydroxylation sites is 2. The van der Waals surface area contributed by atoms with Gasteiger partial charge in [-0.1, -0.05) is 46.9 Å². The van der Waals surface area contributed by atoms with Crippen molar-refractivity contribution in [3.05, 3.63) is 84.2 Å². The van der Waals surface area contributed by atoms with Crippen LogP contribution in [0, 0.1) is 6.92 Å². The molecule has 0 aliphatic rings. The summed E-state index contributed by atoms with van der Waals surface area (Å²) in [4.78, 5) is 31.4. The molecule has 2 heterocycles. The van der Waals surface area contributed by atoms with Gasteiger partial charge in [-0.05, 0) is 36.8 Å². The van der Waals surface area contributed by atoms with Crippen LogP contribution in [0.1, 0.15) is 20.8 Å². The van der Waals surface area contributed by atoms with Gasteiger partial charge in [0.2, 0.25) is 0 Å². The number of amides is 1. The molecule has 1 N–H and O–H groups in total. The molecule has 0 saturated heterocycles. The van der Waals surface area contributed by atoms with Crippen LogP contribution in [0.4, 0.5) is 5.69 Å². The van der Waals surface area contributed by atoms with Crippen LogP contribution in [0.2, 0.25) is 15.1 Å². The van der Waals surface area contributed by atoms with Crippen LogP contribution in [-0.4, -0.2) is 22.6 Å². The molecule has 0 bridgehead atoms. The lowest BCUT2D eigenvalue weighted by Gasteiger charge is -2.10. The fraction of sp³-hybridized carbons (Fsp3) is 0.136. The van der Waals surface area contributed by atoms with Gasteiger partial charge in [0, 0.05) is 10.6 Å². The van der Waals surface area contributed by atoms with Crippen molar-refractivity contribution in [3.63, 3.8) is 0 Å². The maximum atomic E-state index is 13.2. The molecule has 0 fully saturated rings. The lowest BCUT2D eigenvalue weighted by molar-refractivity contribution is 0.102. The first-order valence-corrected chi connectivity index (χ1v) is 11.3. The summed E-state index contributed by atoms with van der Waals surface area (Å²) in [7, 11) is 1.53. The lowest BCUT2D eigenvalue weighted by Crippen LogP contribution is -2.21. The molecule has 4 aromatic rings. The number of thiophene rings is 1. The Morgan fingerprint density at radius 2 is 1.88 bits per heavy atom. The number of rotatable bonds is 5. The van der Waals surface area contributed by atoms with Gasteiger partial charge in [0.05, 0.1) is 46.0 Å². The minimum atomic E-state index is -0.345. The fourth-order valence-corrected chi connectivity index (χ4v) is 5.00. The number of nitrogens with one attached hydrogen (secondary N) is 1. The number of hydrogen-bond acceptors (Lipinski definition) is 5. The van der Waals surface area contributed by atoms with Crippen LogP contribution >= 0.6 is 46.1 Å². The minimum Gasteiger partial charge on any atom is -0.495 e. The van der Waals surface area contributed by atoms with E-state index >= 15 is 0 Å². The molecule has 0 spiro atoms. The summed E-state index contributed by atoms with van der Waals surface area (Å²) in [6.07, 6.45) is 1.41. The first kappa shape index (κ1) is 22.6. The zero-order chi connectivity index (χ0) is 23.0. The second-order valence-corrected chi connectivity index (χ2v) is 9.08. The second kappa shape index (κ2) is 9.11. The predicted octanol–water partition coefficient (Wildman–Crippen LogP) is 6.04. The Balaban J connectivity index is 1.72. The molecule has 6 nitrogen and oxygen atoms in total. The molecule has 0 aliphatic heterocycles. The number of ether oxygens (including phenoxy) is 1. The van der Waals surface area contributed by atoms with Crippen LogP contribution < -0.4 is 15.6 Å². The van der Waals surface area contributed by atoms with E-state index in [1.165, 1.54) is 18.0 Å². The molecule has 0 radical (unpaired) electrons. The number of aromatic nitrogens is 2. The maximum Gasteiger partial charge on any atom is 0.266 e. The molecule has 0 atom stereocenters. The molecule has 0 saturated carbocycles. The summed E-state index contributed by atoms with van der Waals surface area (Å²) in [5, 5.41) is 4.23. The Kier molecular flexibility index (Phi) is 6.44. The van der Waals surface area contributed by atoms with E-state index in [-0.39, 0.29) is 23.0 Å². The topological polar surface area (TPSA) is 73.2 Å². The van der Waals surface area contributed by atoms with E-state index in [2.05, 4.69) is 10.3 Å². The highest BCUT2D eigenvalue weighted by molar-refractivity contribution is 7.20. The van der Waals surface area contributed by atoms with Crippen LogP contribution in [-0.2, 0) is 6.54 Å². The number of aryl methyl sites for hydroxylation is 1. The molecule has 4 rings (SSSR count). The molecular formula is C22H16Cl3N3O3S. The smallest absolute Gasteiger partial charge is 0.266 e. The van der Waals surface area contributed by atoms with Gasteiger partial charge in [0.25, 0.3) is 11.5 Å². The normalized spacial score (nSPS) is 11.0. The molecule has 2 aromatic carbocycles. The highest BCUT2D eigenvalue weighted by atomic mass is 35.5. The minimum absolute atomic E-state index is 0.0953. The van der Waals surface area contributed by atoms with E-state index in [9.17, 15) is 9.59 Å². The van der Waals surface area contributed by atoms with E-state index in [1.54, 1.807) is 37.3 Å². The van der Waals surface area contributed by atoms with E-state index in [0.29, 0.717) is 47.7 Å². The monoisotopic (exact) mass is 507 g/mol. The molecule has 32 heavy (non-hydrogen) atoms. The van der Waals surface area contributed by atoms with Crippen molar-refractivity contribution in [1.82, 2.24) is 9.55 Å². The summed E-state index contributed by atoms with van der Waals surface area (Å²) in [5.74, 6) is 0.192. The third-order valence-corrected chi connectivity index (χ3v) is 7.34. The molecule has 10 heteroatoms. The largest absolute Gasteiger partial charge is 0.495 e. The number of anilines is 1.